The van der Waals surface area contributed by atoms with Crippen molar-refractivity contribution >= 4 is 56.6 Å². The van der Waals surface area contributed by atoms with Gasteiger partial charge in [-0.3, -0.25) is 9.59 Å². The van der Waals surface area contributed by atoms with E-state index in [-0.39, 0.29) is 0 Å². The predicted molar refractivity (Wildman–Crippen MR) is 96.4 cm³/mol. The predicted octanol–water partition coefficient (Wildman–Crippen LogP) is 5.08. The molecule has 22 heavy (non-hydrogen) atoms. The zero-order valence-electron chi connectivity index (χ0n) is 11.5. The third-order valence-corrected chi connectivity index (χ3v) is 4.46. The Bertz CT molecular complexity index is 696. The Kier molecular flexibility index (Phi) is 6.04. The highest BCUT2D eigenvalue weighted by Gasteiger charge is 2.06. The Hall–Kier alpha value is -1.78. The summed E-state index contributed by atoms with van der Waals surface area (Å²) in [5.41, 5.74) is 2.34. The van der Waals surface area contributed by atoms with E-state index in [4.69, 9.17) is 0 Å². The van der Waals surface area contributed by atoms with E-state index >= 15 is 0 Å². The number of hydrogen-bond donors (Lipinski definition) is 0. The van der Waals surface area contributed by atoms with Gasteiger partial charge in [0.1, 0.15) is 0 Å². The minimum absolute atomic E-state index is 0.331. The lowest BCUT2D eigenvalue weighted by Gasteiger charge is -2.04. The van der Waals surface area contributed by atoms with E-state index < -0.39 is 0 Å². The van der Waals surface area contributed by atoms with Gasteiger partial charge in [-0.2, -0.15) is 0 Å². The molecule has 2 rings (SSSR count). The van der Waals surface area contributed by atoms with Crippen molar-refractivity contribution in [3.63, 3.8) is 0 Å². The number of rotatable bonds is 5. The first-order chi connectivity index (χ1) is 10.7. The van der Waals surface area contributed by atoms with Crippen LogP contribution < -0.4 is 0 Å². The summed E-state index contributed by atoms with van der Waals surface area (Å²) in [6.45, 7) is 0. The number of halogens is 2. The molecular weight excluding hydrogens is 408 g/mol. The van der Waals surface area contributed by atoms with E-state index in [2.05, 4.69) is 31.9 Å². The average molecular weight is 420 g/mol. The molecule has 2 aromatic carbocycles. The highest BCUT2D eigenvalue weighted by molar-refractivity contribution is 9.10. The topological polar surface area (TPSA) is 34.1 Å². The molecule has 0 atom stereocenters. The van der Waals surface area contributed by atoms with Crippen LogP contribution in [0, 0.1) is 0 Å². The van der Waals surface area contributed by atoms with Crippen LogP contribution in [0.15, 0.2) is 68.6 Å². The van der Waals surface area contributed by atoms with E-state index in [0.717, 1.165) is 20.1 Å². The Labute approximate surface area is 145 Å². The van der Waals surface area contributed by atoms with Gasteiger partial charge < -0.3 is 0 Å². The molecule has 0 aromatic heterocycles. The van der Waals surface area contributed by atoms with Crippen LogP contribution in [0.25, 0.3) is 12.2 Å². The summed E-state index contributed by atoms with van der Waals surface area (Å²) >= 11 is 6.86. The molecule has 0 unspecified atom stereocenters. The lowest BCUT2D eigenvalue weighted by Crippen LogP contribution is -1.94. The van der Waals surface area contributed by atoms with Gasteiger partial charge >= 0.3 is 0 Å². The molecule has 4 heteroatoms. The second kappa shape index (κ2) is 8.01. The minimum atomic E-state index is 0.331. The van der Waals surface area contributed by atoms with Gasteiger partial charge in [0.15, 0.2) is 12.6 Å². The van der Waals surface area contributed by atoms with Gasteiger partial charge in [0.05, 0.1) is 0 Å². The SMILES string of the molecule is O=CC(=C\c1ccccc1Br)/C(C=O)=C/c1ccccc1Br. The molecule has 0 aliphatic carbocycles. The number of carbonyl (C=O) groups is 2. The molecule has 0 spiro atoms. The van der Waals surface area contributed by atoms with Crippen molar-refractivity contribution < 1.29 is 9.59 Å². The first-order valence-corrected chi connectivity index (χ1v) is 8.07. The van der Waals surface area contributed by atoms with Crippen molar-refractivity contribution in [1.82, 2.24) is 0 Å². The summed E-state index contributed by atoms with van der Waals surface area (Å²) < 4.78 is 1.72. The molecule has 110 valence electrons. The van der Waals surface area contributed by atoms with E-state index in [1.54, 1.807) is 12.2 Å². The standard InChI is InChI=1S/C18H12Br2O2/c19-17-7-3-1-5-13(17)9-15(11-21)16(12-22)10-14-6-2-4-8-18(14)20/h1-12H/b15-9+,16-10+. The van der Waals surface area contributed by atoms with Crippen LogP contribution >= 0.6 is 31.9 Å². The number of allylic oxidation sites excluding steroid dienone is 2. The second-order valence-corrected chi connectivity index (χ2v) is 6.19. The number of aldehydes is 2. The first-order valence-electron chi connectivity index (χ1n) is 6.49. The summed E-state index contributed by atoms with van der Waals surface area (Å²) in [6.07, 6.45) is 4.76. The molecule has 0 heterocycles. The van der Waals surface area contributed by atoms with E-state index in [1.165, 1.54) is 0 Å². The maximum Gasteiger partial charge on any atom is 0.150 e. The minimum Gasteiger partial charge on any atom is -0.298 e. The quantitative estimate of drug-likeness (QED) is 0.385. The van der Waals surface area contributed by atoms with Crippen LogP contribution in [0.3, 0.4) is 0 Å². The zero-order valence-corrected chi connectivity index (χ0v) is 14.7. The van der Waals surface area contributed by atoms with Gasteiger partial charge in [0, 0.05) is 20.1 Å². The van der Waals surface area contributed by atoms with Gasteiger partial charge in [-0.05, 0) is 35.4 Å². The van der Waals surface area contributed by atoms with Crippen LogP contribution in [-0.4, -0.2) is 12.6 Å². The van der Waals surface area contributed by atoms with Crippen LogP contribution in [0.2, 0.25) is 0 Å². The largest absolute Gasteiger partial charge is 0.298 e. The zero-order chi connectivity index (χ0) is 15.9. The van der Waals surface area contributed by atoms with Crippen molar-refractivity contribution in [1.29, 1.82) is 0 Å². The summed E-state index contributed by atoms with van der Waals surface area (Å²) in [6, 6.07) is 15.0. The molecule has 0 fully saturated rings. The highest BCUT2D eigenvalue weighted by Crippen LogP contribution is 2.23. The van der Waals surface area contributed by atoms with Crippen LogP contribution in [-0.2, 0) is 9.59 Å². The Morgan fingerprint density at radius 1 is 0.682 bits per heavy atom. The molecule has 0 amide bonds. The van der Waals surface area contributed by atoms with E-state index in [1.807, 2.05) is 48.5 Å². The molecule has 2 aromatic rings. The lowest BCUT2D eigenvalue weighted by atomic mass is 10.0. The van der Waals surface area contributed by atoms with E-state index in [9.17, 15) is 9.59 Å². The average Bonchev–Trinajstić information content (AvgIpc) is 2.54. The molecule has 0 aliphatic rings. The molecule has 0 N–H and O–H groups in total. The third kappa shape index (κ3) is 4.12. The molecule has 2 nitrogen and oxygen atoms in total. The molecule has 0 saturated carbocycles. The fourth-order valence-electron chi connectivity index (χ4n) is 1.89. The number of hydrogen-bond acceptors (Lipinski definition) is 2. The summed E-state index contributed by atoms with van der Waals surface area (Å²) in [4.78, 5) is 22.8. The first kappa shape index (κ1) is 16.6. The van der Waals surface area contributed by atoms with Gasteiger partial charge in [-0.25, -0.2) is 0 Å². The molecular formula is C18H12Br2O2. The molecule has 0 radical (unpaired) electrons. The van der Waals surface area contributed by atoms with Crippen LogP contribution in [0.4, 0.5) is 0 Å². The van der Waals surface area contributed by atoms with Crippen LogP contribution in [0.5, 0.6) is 0 Å². The Morgan fingerprint density at radius 3 is 1.36 bits per heavy atom. The Morgan fingerprint density at radius 2 is 1.05 bits per heavy atom. The van der Waals surface area contributed by atoms with Gasteiger partial charge in [-0.15, -0.1) is 0 Å². The fourth-order valence-corrected chi connectivity index (χ4v) is 2.69. The van der Waals surface area contributed by atoms with Crippen molar-refractivity contribution in [3.8, 4) is 0 Å². The monoisotopic (exact) mass is 418 g/mol. The summed E-state index contributed by atoms with van der Waals surface area (Å²) in [5.74, 6) is 0. The molecule has 0 bridgehead atoms. The maximum absolute atomic E-state index is 11.4. The lowest BCUT2D eigenvalue weighted by molar-refractivity contribution is -0.107. The van der Waals surface area contributed by atoms with Crippen molar-refractivity contribution in [2.24, 2.45) is 0 Å². The number of carbonyl (C=O) groups excluding carboxylic acids is 2. The number of benzene rings is 2. The normalized spacial score (nSPS) is 12.1. The Balaban J connectivity index is 2.48. The summed E-state index contributed by atoms with van der Waals surface area (Å²) in [7, 11) is 0. The summed E-state index contributed by atoms with van der Waals surface area (Å²) in [5, 5.41) is 0. The third-order valence-electron chi connectivity index (χ3n) is 3.02. The molecule has 0 aliphatic heterocycles. The van der Waals surface area contributed by atoms with Crippen molar-refractivity contribution in [2.45, 2.75) is 0 Å². The van der Waals surface area contributed by atoms with Crippen molar-refractivity contribution in [3.05, 3.63) is 79.7 Å². The maximum atomic E-state index is 11.4. The van der Waals surface area contributed by atoms with Gasteiger partial charge in [-0.1, -0.05) is 68.3 Å². The molecule has 0 saturated heterocycles. The fraction of sp³-hybridized carbons (Fsp3) is 0. The smallest absolute Gasteiger partial charge is 0.150 e. The second-order valence-electron chi connectivity index (χ2n) is 4.48. The van der Waals surface area contributed by atoms with E-state index in [0.29, 0.717) is 23.7 Å². The van der Waals surface area contributed by atoms with Gasteiger partial charge in [0.25, 0.3) is 0 Å². The van der Waals surface area contributed by atoms with Crippen molar-refractivity contribution in [2.75, 3.05) is 0 Å². The van der Waals surface area contributed by atoms with Gasteiger partial charge in [0.2, 0.25) is 0 Å². The van der Waals surface area contributed by atoms with Crippen LogP contribution in [0.1, 0.15) is 11.1 Å². The highest BCUT2D eigenvalue weighted by atomic mass is 79.9.